The predicted molar refractivity (Wildman–Crippen MR) is 104 cm³/mol. The molecule has 0 spiro atoms. The summed E-state index contributed by atoms with van der Waals surface area (Å²) in [6.45, 7) is 1.47. The molecular weight excluding hydrogens is 407 g/mol. The van der Waals surface area contributed by atoms with Gasteiger partial charge in [-0.3, -0.25) is 4.79 Å². The molecule has 1 saturated heterocycles. The van der Waals surface area contributed by atoms with Gasteiger partial charge < -0.3 is 10.1 Å². The summed E-state index contributed by atoms with van der Waals surface area (Å²) < 4.78 is 44.8. The number of sulfonamides is 1. The Kier molecular flexibility index (Phi) is 6.66. The Bertz CT molecular complexity index is 945. The van der Waals surface area contributed by atoms with Crippen LogP contribution in [0.2, 0.25) is 5.02 Å². The highest BCUT2D eigenvalue weighted by atomic mass is 35.5. The van der Waals surface area contributed by atoms with Crippen molar-refractivity contribution in [2.45, 2.75) is 17.7 Å². The zero-order valence-corrected chi connectivity index (χ0v) is 16.6. The van der Waals surface area contributed by atoms with Gasteiger partial charge in [-0.25, -0.2) is 12.8 Å². The third-order valence-electron chi connectivity index (χ3n) is 4.38. The highest BCUT2D eigenvalue weighted by Gasteiger charge is 2.26. The molecule has 0 saturated carbocycles. The fraction of sp³-hybridized carbons (Fsp3) is 0.316. The molecule has 0 radical (unpaired) electrons. The van der Waals surface area contributed by atoms with Gasteiger partial charge in [0.1, 0.15) is 5.82 Å². The molecule has 0 unspecified atom stereocenters. The summed E-state index contributed by atoms with van der Waals surface area (Å²) >= 11 is 5.89. The quantitative estimate of drug-likeness (QED) is 0.770. The largest absolute Gasteiger partial charge is 0.379 e. The Hall–Kier alpha value is -2.00. The highest BCUT2D eigenvalue weighted by Crippen LogP contribution is 2.23. The third-order valence-corrected chi connectivity index (χ3v) is 6.60. The topological polar surface area (TPSA) is 75.7 Å². The lowest BCUT2D eigenvalue weighted by molar-refractivity contribution is -0.116. The Morgan fingerprint density at radius 3 is 2.46 bits per heavy atom. The zero-order chi connectivity index (χ0) is 20.1. The number of morpholine rings is 1. The molecule has 0 aromatic heterocycles. The van der Waals surface area contributed by atoms with Crippen LogP contribution in [0.25, 0.3) is 0 Å². The summed E-state index contributed by atoms with van der Waals surface area (Å²) in [6, 6.07) is 10.3. The lowest BCUT2D eigenvalue weighted by atomic mass is 10.1. The van der Waals surface area contributed by atoms with Crippen LogP contribution in [0.3, 0.4) is 0 Å². The van der Waals surface area contributed by atoms with Crippen molar-refractivity contribution in [2.75, 3.05) is 31.6 Å². The average Bonchev–Trinajstić information content (AvgIpc) is 2.69. The smallest absolute Gasteiger partial charge is 0.243 e. The van der Waals surface area contributed by atoms with Gasteiger partial charge in [0.25, 0.3) is 0 Å². The van der Waals surface area contributed by atoms with Gasteiger partial charge in [-0.05, 0) is 42.3 Å². The minimum absolute atomic E-state index is 0.131. The van der Waals surface area contributed by atoms with Crippen molar-refractivity contribution >= 4 is 33.2 Å². The van der Waals surface area contributed by atoms with E-state index in [9.17, 15) is 17.6 Å². The molecule has 1 fully saturated rings. The molecular formula is C19H20ClFN2O4S. The van der Waals surface area contributed by atoms with E-state index in [1.165, 1.54) is 16.4 Å². The monoisotopic (exact) mass is 426 g/mol. The Morgan fingerprint density at radius 2 is 1.82 bits per heavy atom. The number of hydrogen-bond acceptors (Lipinski definition) is 4. The summed E-state index contributed by atoms with van der Waals surface area (Å²) in [5, 5.41) is 2.76. The van der Waals surface area contributed by atoms with Gasteiger partial charge in [0.05, 0.1) is 28.8 Å². The van der Waals surface area contributed by atoms with E-state index in [1.54, 1.807) is 24.3 Å². The van der Waals surface area contributed by atoms with E-state index in [-0.39, 0.29) is 22.2 Å². The van der Waals surface area contributed by atoms with Crippen LogP contribution in [0.1, 0.15) is 12.0 Å². The van der Waals surface area contributed by atoms with E-state index in [2.05, 4.69) is 5.32 Å². The Balaban J connectivity index is 1.57. The minimum Gasteiger partial charge on any atom is -0.379 e. The second kappa shape index (κ2) is 9.00. The number of rotatable bonds is 6. The first-order valence-corrected chi connectivity index (χ1v) is 10.6. The van der Waals surface area contributed by atoms with Crippen LogP contribution < -0.4 is 5.32 Å². The van der Waals surface area contributed by atoms with Crippen molar-refractivity contribution in [1.82, 2.24) is 4.31 Å². The SMILES string of the molecule is O=C(CCc1ccc(S(=O)(=O)N2CCOCC2)cc1)Nc1ccc(F)cc1Cl. The van der Waals surface area contributed by atoms with Gasteiger partial charge in [0.15, 0.2) is 0 Å². The number of hydrogen-bond donors (Lipinski definition) is 1. The number of amides is 1. The fourth-order valence-electron chi connectivity index (χ4n) is 2.83. The second-order valence-electron chi connectivity index (χ2n) is 6.33. The normalized spacial score (nSPS) is 15.4. The van der Waals surface area contributed by atoms with Crippen molar-refractivity contribution < 1.29 is 22.3 Å². The van der Waals surface area contributed by atoms with E-state index in [4.69, 9.17) is 16.3 Å². The van der Waals surface area contributed by atoms with Crippen molar-refractivity contribution in [3.8, 4) is 0 Å². The van der Waals surface area contributed by atoms with Crippen LogP contribution in [0, 0.1) is 5.82 Å². The molecule has 9 heteroatoms. The van der Waals surface area contributed by atoms with Crippen LogP contribution in [0.4, 0.5) is 10.1 Å². The summed E-state index contributed by atoms with van der Waals surface area (Å²) in [4.78, 5) is 12.3. The lowest BCUT2D eigenvalue weighted by Gasteiger charge is -2.26. The minimum atomic E-state index is -3.53. The summed E-state index contributed by atoms with van der Waals surface area (Å²) in [7, 11) is -3.53. The van der Waals surface area contributed by atoms with E-state index in [1.807, 2.05) is 0 Å². The molecule has 6 nitrogen and oxygen atoms in total. The molecule has 1 heterocycles. The van der Waals surface area contributed by atoms with Crippen molar-refractivity contribution in [2.24, 2.45) is 0 Å². The molecule has 1 N–H and O–H groups in total. The lowest BCUT2D eigenvalue weighted by Crippen LogP contribution is -2.40. The maximum Gasteiger partial charge on any atom is 0.243 e. The summed E-state index contributed by atoms with van der Waals surface area (Å²) in [6.07, 6.45) is 0.617. The molecule has 1 aliphatic rings. The number of ether oxygens (including phenoxy) is 1. The van der Waals surface area contributed by atoms with Crippen LogP contribution >= 0.6 is 11.6 Å². The third kappa shape index (κ3) is 5.08. The molecule has 150 valence electrons. The van der Waals surface area contributed by atoms with Gasteiger partial charge in [-0.2, -0.15) is 4.31 Å². The number of carbonyl (C=O) groups excluding carboxylic acids is 1. The van der Waals surface area contributed by atoms with Crippen molar-refractivity contribution in [1.29, 1.82) is 0 Å². The van der Waals surface area contributed by atoms with Gasteiger partial charge in [0, 0.05) is 19.5 Å². The number of benzene rings is 2. The molecule has 3 rings (SSSR count). The number of aryl methyl sites for hydroxylation is 1. The first kappa shape index (κ1) is 20.7. The molecule has 1 amide bonds. The maximum absolute atomic E-state index is 13.0. The first-order chi connectivity index (χ1) is 13.4. The van der Waals surface area contributed by atoms with Gasteiger partial charge in [-0.15, -0.1) is 0 Å². The van der Waals surface area contributed by atoms with E-state index in [0.29, 0.717) is 38.4 Å². The van der Waals surface area contributed by atoms with E-state index >= 15 is 0 Å². The number of nitrogens with one attached hydrogen (secondary N) is 1. The predicted octanol–water partition coefficient (Wildman–Crippen LogP) is 3.07. The van der Waals surface area contributed by atoms with Crippen LogP contribution in [0.15, 0.2) is 47.4 Å². The van der Waals surface area contributed by atoms with Crippen LogP contribution in [-0.4, -0.2) is 44.9 Å². The van der Waals surface area contributed by atoms with Gasteiger partial charge in [0.2, 0.25) is 15.9 Å². The Morgan fingerprint density at radius 1 is 1.14 bits per heavy atom. The molecule has 0 atom stereocenters. The highest BCUT2D eigenvalue weighted by molar-refractivity contribution is 7.89. The number of anilines is 1. The van der Waals surface area contributed by atoms with Gasteiger partial charge in [-0.1, -0.05) is 23.7 Å². The summed E-state index contributed by atoms with van der Waals surface area (Å²) in [5.74, 6) is -0.742. The molecule has 0 aliphatic carbocycles. The zero-order valence-electron chi connectivity index (χ0n) is 15.0. The molecule has 2 aromatic carbocycles. The number of carbonyl (C=O) groups is 1. The number of halogens is 2. The van der Waals surface area contributed by atoms with Crippen molar-refractivity contribution in [3.63, 3.8) is 0 Å². The standard InChI is InChI=1S/C19H20ClFN2O4S/c20-17-13-15(21)4-7-18(17)22-19(24)8-3-14-1-5-16(6-2-14)28(25,26)23-9-11-27-12-10-23/h1-2,4-7,13H,3,8-12H2,(H,22,24). The van der Waals surface area contributed by atoms with E-state index in [0.717, 1.165) is 11.6 Å². The molecule has 2 aromatic rings. The first-order valence-electron chi connectivity index (χ1n) is 8.78. The van der Waals surface area contributed by atoms with Crippen LogP contribution in [-0.2, 0) is 26.0 Å². The van der Waals surface area contributed by atoms with E-state index < -0.39 is 15.8 Å². The second-order valence-corrected chi connectivity index (χ2v) is 8.68. The summed E-state index contributed by atoms with van der Waals surface area (Å²) in [5.41, 5.74) is 1.18. The van der Waals surface area contributed by atoms with Gasteiger partial charge >= 0.3 is 0 Å². The molecule has 0 bridgehead atoms. The van der Waals surface area contributed by atoms with Crippen LogP contribution in [0.5, 0.6) is 0 Å². The number of nitrogens with zero attached hydrogens (tertiary/aromatic N) is 1. The molecule has 28 heavy (non-hydrogen) atoms. The Labute approximate surface area is 168 Å². The van der Waals surface area contributed by atoms with Crippen molar-refractivity contribution in [3.05, 3.63) is 58.9 Å². The fourth-order valence-corrected chi connectivity index (χ4v) is 4.45. The molecule has 1 aliphatic heterocycles. The average molecular weight is 427 g/mol. The maximum atomic E-state index is 13.0.